The van der Waals surface area contributed by atoms with Gasteiger partial charge in [-0.1, -0.05) is 6.07 Å². The van der Waals surface area contributed by atoms with Crippen molar-refractivity contribution in [2.45, 2.75) is 6.92 Å². The van der Waals surface area contributed by atoms with Gasteiger partial charge in [-0.25, -0.2) is 4.79 Å². The van der Waals surface area contributed by atoms with E-state index in [1.807, 2.05) is 0 Å². The van der Waals surface area contributed by atoms with Crippen molar-refractivity contribution in [3.63, 3.8) is 0 Å². The summed E-state index contributed by atoms with van der Waals surface area (Å²) >= 11 is 0. The fourth-order valence-corrected chi connectivity index (χ4v) is 1.44. The van der Waals surface area contributed by atoms with Gasteiger partial charge in [-0.05, 0) is 12.1 Å². The van der Waals surface area contributed by atoms with Crippen molar-refractivity contribution in [2.75, 3.05) is 0 Å². The van der Waals surface area contributed by atoms with Crippen molar-refractivity contribution in [1.29, 1.82) is 0 Å². The summed E-state index contributed by atoms with van der Waals surface area (Å²) in [5.74, 6) is -2.25. The molecular weight excluding hydrogens is 228 g/mol. The highest BCUT2D eigenvalue weighted by Crippen LogP contribution is 2.37. The van der Waals surface area contributed by atoms with Crippen LogP contribution in [0.5, 0.6) is 17.2 Å². The first-order valence-corrected chi connectivity index (χ1v) is 4.67. The van der Waals surface area contributed by atoms with Crippen LogP contribution in [-0.2, 0) is 4.79 Å². The second-order valence-electron chi connectivity index (χ2n) is 3.31. The first-order valence-electron chi connectivity index (χ1n) is 4.67. The van der Waals surface area contributed by atoms with Crippen LogP contribution in [-0.4, -0.2) is 16.2 Å². The first-order chi connectivity index (χ1) is 8.00. The topological polar surface area (TPSA) is 97.0 Å². The van der Waals surface area contributed by atoms with Gasteiger partial charge in [0.1, 0.15) is 16.7 Å². The number of phenolic OH excluding ortho intramolecular Hbond substituents is 1. The Bertz CT molecular complexity index is 655. The third-order valence-electron chi connectivity index (χ3n) is 2.09. The van der Waals surface area contributed by atoms with Gasteiger partial charge in [0.2, 0.25) is 5.75 Å². The maximum atomic E-state index is 11.3. The molecule has 0 fully saturated rings. The van der Waals surface area contributed by atoms with E-state index in [0.29, 0.717) is 0 Å². The molecule has 0 saturated heterocycles. The van der Waals surface area contributed by atoms with Gasteiger partial charge < -0.3 is 19.4 Å². The number of carbonyl (C=O) groups excluding carboxylic acids is 1. The molecule has 0 aliphatic heterocycles. The number of benzene rings is 1. The summed E-state index contributed by atoms with van der Waals surface area (Å²) in [6, 6.07) is 4.17. The summed E-state index contributed by atoms with van der Waals surface area (Å²) in [6.07, 6.45) is 0. The minimum atomic E-state index is -1.04. The fraction of sp³-hybridized carbons (Fsp3) is 0.0909. The van der Waals surface area contributed by atoms with Crippen LogP contribution < -0.4 is 10.4 Å². The predicted molar refractivity (Wildman–Crippen MR) is 57.1 cm³/mol. The molecule has 0 spiro atoms. The number of fused-ring (bicyclic) bond motifs is 1. The third kappa shape index (κ3) is 1.80. The number of aromatic hydroxyl groups is 2. The molecule has 0 aliphatic rings. The molecule has 2 N–H and O–H groups in total. The second kappa shape index (κ2) is 3.82. The molecule has 6 heteroatoms. The summed E-state index contributed by atoms with van der Waals surface area (Å²) in [6.45, 7) is 1.11. The zero-order chi connectivity index (χ0) is 12.6. The monoisotopic (exact) mass is 236 g/mol. The number of phenols is 1. The molecule has 1 heterocycles. The molecule has 6 nitrogen and oxygen atoms in total. The lowest BCUT2D eigenvalue weighted by molar-refractivity contribution is -0.131. The van der Waals surface area contributed by atoms with E-state index in [2.05, 4.69) is 0 Å². The average molecular weight is 236 g/mol. The molecule has 88 valence electrons. The number of hydrogen-bond donors (Lipinski definition) is 2. The van der Waals surface area contributed by atoms with Crippen molar-refractivity contribution >= 4 is 16.9 Å². The quantitative estimate of drug-likeness (QED) is 0.569. The molecule has 0 saturated carbocycles. The maximum Gasteiger partial charge on any atom is 0.382 e. The van der Waals surface area contributed by atoms with E-state index in [-0.39, 0.29) is 16.7 Å². The Balaban J connectivity index is 2.90. The van der Waals surface area contributed by atoms with E-state index in [0.717, 1.165) is 6.92 Å². The zero-order valence-electron chi connectivity index (χ0n) is 8.76. The Morgan fingerprint density at radius 3 is 2.71 bits per heavy atom. The van der Waals surface area contributed by atoms with Gasteiger partial charge in [0, 0.05) is 6.92 Å². The molecule has 0 radical (unpaired) electrons. The summed E-state index contributed by atoms with van der Waals surface area (Å²) in [5, 5.41) is 19.1. The minimum absolute atomic E-state index is 0.0176. The van der Waals surface area contributed by atoms with Gasteiger partial charge in [-0.2, -0.15) is 0 Å². The Hall–Kier alpha value is -2.50. The second-order valence-corrected chi connectivity index (χ2v) is 3.31. The van der Waals surface area contributed by atoms with Crippen molar-refractivity contribution in [2.24, 2.45) is 0 Å². The predicted octanol–water partition coefficient (Wildman–Crippen LogP) is 1.13. The Morgan fingerprint density at radius 1 is 1.35 bits per heavy atom. The highest BCUT2D eigenvalue weighted by Gasteiger charge is 2.19. The van der Waals surface area contributed by atoms with Crippen LogP contribution in [0.25, 0.3) is 11.0 Å². The number of hydrogen-bond acceptors (Lipinski definition) is 6. The van der Waals surface area contributed by atoms with Crippen LogP contribution in [0.4, 0.5) is 0 Å². The lowest BCUT2D eigenvalue weighted by atomic mass is 10.2. The Labute approximate surface area is 94.7 Å². The molecule has 2 aromatic rings. The summed E-state index contributed by atoms with van der Waals surface area (Å²) in [4.78, 5) is 22.1. The zero-order valence-corrected chi connectivity index (χ0v) is 8.76. The van der Waals surface area contributed by atoms with Crippen molar-refractivity contribution in [3.05, 3.63) is 28.6 Å². The largest absolute Gasteiger partial charge is 0.507 e. The maximum absolute atomic E-state index is 11.3. The molecule has 2 rings (SSSR count). The molecule has 0 atom stereocenters. The van der Waals surface area contributed by atoms with Gasteiger partial charge in [0.15, 0.2) is 5.75 Å². The van der Waals surface area contributed by atoms with Crippen LogP contribution in [0, 0.1) is 0 Å². The minimum Gasteiger partial charge on any atom is -0.507 e. The first kappa shape index (κ1) is 11.0. The normalized spacial score (nSPS) is 10.4. The third-order valence-corrected chi connectivity index (χ3v) is 2.09. The molecule has 0 bridgehead atoms. The molecule has 1 aromatic heterocycles. The van der Waals surface area contributed by atoms with Gasteiger partial charge in [0.05, 0.1) is 0 Å². The van der Waals surface area contributed by atoms with Crippen molar-refractivity contribution in [3.8, 4) is 17.2 Å². The van der Waals surface area contributed by atoms with E-state index in [1.165, 1.54) is 18.2 Å². The van der Waals surface area contributed by atoms with Crippen molar-refractivity contribution in [1.82, 2.24) is 0 Å². The molecule has 0 aliphatic carbocycles. The molecule has 17 heavy (non-hydrogen) atoms. The highest BCUT2D eigenvalue weighted by atomic mass is 16.5. The smallest absolute Gasteiger partial charge is 0.382 e. The van der Waals surface area contributed by atoms with E-state index < -0.39 is 23.1 Å². The highest BCUT2D eigenvalue weighted by molar-refractivity contribution is 5.92. The van der Waals surface area contributed by atoms with E-state index >= 15 is 0 Å². The van der Waals surface area contributed by atoms with E-state index in [9.17, 15) is 19.8 Å². The number of esters is 1. The Kier molecular flexibility index (Phi) is 2.47. The number of carbonyl (C=O) groups is 1. The standard InChI is InChI=1S/C11H8O6/c1-5(12)16-10-8-6(13)3-2-4-7(8)17-11(15)9(10)14/h2-4,13-14H,1H3. The lowest BCUT2D eigenvalue weighted by Gasteiger charge is -2.07. The molecule has 1 aromatic carbocycles. The number of ether oxygens (including phenoxy) is 1. The molecular formula is C11H8O6. The lowest BCUT2D eigenvalue weighted by Crippen LogP contribution is -2.07. The van der Waals surface area contributed by atoms with Gasteiger partial charge in [-0.3, -0.25) is 4.79 Å². The van der Waals surface area contributed by atoms with Crippen LogP contribution >= 0.6 is 0 Å². The van der Waals surface area contributed by atoms with Crippen LogP contribution in [0.2, 0.25) is 0 Å². The van der Waals surface area contributed by atoms with Crippen LogP contribution in [0.15, 0.2) is 27.4 Å². The van der Waals surface area contributed by atoms with Gasteiger partial charge in [-0.15, -0.1) is 0 Å². The van der Waals surface area contributed by atoms with Gasteiger partial charge in [0.25, 0.3) is 0 Å². The van der Waals surface area contributed by atoms with E-state index in [4.69, 9.17) is 9.15 Å². The summed E-state index contributed by atoms with van der Waals surface area (Å²) in [7, 11) is 0. The summed E-state index contributed by atoms with van der Waals surface area (Å²) < 4.78 is 9.45. The summed E-state index contributed by atoms with van der Waals surface area (Å²) in [5.41, 5.74) is -1.02. The average Bonchev–Trinajstić information content (AvgIpc) is 2.24. The van der Waals surface area contributed by atoms with Crippen molar-refractivity contribution < 1.29 is 24.2 Å². The van der Waals surface area contributed by atoms with Crippen LogP contribution in [0.3, 0.4) is 0 Å². The fourth-order valence-electron chi connectivity index (χ4n) is 1.44. The SMILES string of the molecule is CC(=O)Oc1c(O)c(=O)oc2cccc(O)c12. The molecule has 0 amide bonds. The molecule has 0 unspecified atom stereocenters. The van der Waals surface area contributed by atoms with E-state index in [1.54, 1.807) is 0 Å². The van der Waals surface area contributed by atoms with Gasteiger partial charge >= 0.3 is 11.6 Å². The Morgan fingerprint density at radius 2 is 2.06 bits per heavy atom. The van der Waals surface area contributed by atoms with Crippen LogP contribution in [0.1, 0.15) is 6.92 Å². The number of rotatable bonds is 1.